The van der Waals surface area contributed by atoms with Crippen molar-refractivity contribution in [2.45, 2.75) is 32.3 Å². The Kier molecular flexibility index (Phi) is 4.08. The van der Waals surface area contributed by atoms with Crippen LogP contribution in [-0.2, 0) is 0 Å². The van der Waals surface area contributed by atoms with Gasteiger partial charge in [-0.05, 0) is 24.1 Å². The minimum absolute atomic E-state index is 0.0231. The third-order valence-electron chi connectivity index (χ3n) is 2.45. The van der Waals surface area contributed by atoms with E-state index in [0.717, 1.165) is 10.0 Å². The molecule has 0 fully saturated rings. The maximum absolute atomic E-state index is 12.8. The standard InChI is InChI=1S/C11H14BrFO/c1-3-11(14)7(2)9-5-4-8(13)6-10(9)12/h4-7,11,14H,3H2,1-2H3. The van der Waals surface area contributed by atoms with Gasteiger partial charge in [-0.3, -0.25) is 0 Å². The van der Waals surface area contributed by atoms with Crippen LogP contribution in [0.2, 0.25) is 0 Å². The van der Waals surface area contributed by atoms with Gasteiger partial charge in [0.1, 0.15) is 5.82 Å². The molecule has 0 amide bonds. The van der Waals surface area contributed by atoms with Crippen molar-refractivity contribution < 1.29 is 9.50 Å². The highest BCUT2D eigenvalue weighted by Gasteiger charge is 2.16. The van der Waals surface area contributed by atoms with E-state index in [2.05, 4.69) is 15.9 Å². The summed E-state index contributed by atoms with van der Waals surface area (Å²) >= 11 is 3.29. The summed E-state index contributed by atoms with van der Waals surface area (Å²) in [5.74, 6) is -0.242. The van der Waals surface area contributed by atoms with Gasteiger partial charge in [-0.25, -0.2) is 4.39 Å². The lowest BCUT2D eigenvalue weighted by atomic mass is 9.94. The van der Waals surface area contributed by atoms with E-state index >= 15 is 0 Å². The zero-order valence-electron chi connectivity index (χ0n) is 8.30. The summed E-state index contributed by atoms with van der Waals surface area (Å²) in [5, 5.41) is 9.66. The second-order valence-corrected chi connectivity index (χ2v) is 4.28. The topological polar surface area (TPSA) is 20.2 Å². The Morgan fingerprint density at radius 2 is 2.14 bits per heavy atom. The van der Waals surface area contributed by atoms with Crippen LogP contribution in [0.3, 0.4) is 0 Å². The number of aliphatic hydroxyl groups excluding tert-OH is 1. The summed E-state index contributed by atoms with van der Waals surface area (Å²) in [6, 6.07) is 4.55. The largest absolute Gasteiger partial charge is 0.393 e. The molecule has 1 nitrogen and oxygen atoms in total. The lowest BCUT2D eigenvalue weighted by molar-refractivity contribution is 0.145. The van der Waals surface area contributed by atoms with E-state index in [1.807, 2.05) is 13.8 Å². The van der Waals surface area contributed by atoms with Gasteiger partial charge in [0, 0.05) is 10.4 Å². The van der Waals surface area contributed by atoms with Crippen molar-refractivity contribution in [3.63, 3.8) is 0 Å². The van der Waals surface area contributed by atoms with Crippen molar-refractivity contribution in [1.29, 1.82) is 0 Å². The summed E-state index contributed by atoms with van der Waals surface area (Å²) in [7, 11) is 0. The van der Waals surface area contributed by atoms with Gasteiger partial charge in [-0.1, -0.05) is 35.8 Å². The Bertz CT molecular complexity index is 314. The average molecular weight is 261 g/mol. The van der Waals surface area contributed by atoms with Crippen LogP contribution >= 0.6 is 15.9 Å². The number of benzene rings is 1. The molecule has 0 saturated heterocycles. The van der Waals surface area contributed by atoms with E-state index in [9.17, 15) is 9.50 Å². The summed E-state index contributed by atoms with van der Waals surface area (Å²) < 4.78 is 13.5. The van der Waals surface area contributed by atoms with E-state index in [0.29, 0.717) is 6.42 Å². The zero-order valence-corrected chi connectivity index (χ0v) is 9.88. The molecule has 0 radical (unpaired) electrons. The van der Waals surface area contributed by atoms with Crippen LogP contribution in [-0.4, -0.2) is 11.2 Å². The Hall–Kier alpha value is -0.410. The van der Waals surface area contributed by atoms with Crippen molar-refractivity contribution >= 4 is 15.9 Å². The molecule has 1 rings (SSSR count). The van der Waals surface area contributed by atoms with E-state index < -0.39 is 0 Å². The lowest BCUT2D eigenvalue weighted by Gasteiger charge is -2.18. The molecule has 1 N–H and O–H groups in total. The summed E-state index contributed by atoms with van der Waals surface area (Å²) in [6.07, 6.45) is 0.321. The highest BCUT2D eigenvalue weighted by molar-refractivity contribution is 9.10. The molecule has 78 valence electrons. The van der Waals surface area contributed by atoms with E-state index in [1.54, 1.807) is 6.07 Å². The van der Waals surface area contributed by atoms with Gasteiger partial charge in [0.2, 0.25) is 0 Å². The van der Waals surface area contributed by atoms with Gasteiger partial charge < -0.3 is 5.11 Å². The van der Waals surface area contributed by atoms with Crippen LogP contribution in [0, 0.1) is 5.82 Å². The number of hydrogen-bond donors (Lipinski definition) is 1. The molecular weight excluding hydrogens is 247 g/mol. The van der Waals surface area contributed by atoms with Crippen LogP contribution in [0.25, 0.3) is 0 Å². The first-order chi connectivity index (χ1) is 6.56. The molecule has 0 aliphatic carbocycles. The van der Waals surface area contributed by atoms with Crippen molar-refractivity contribution in [3.8, 4) is 0 Å². The first kappa shape index (κ1) is 11.7. The Labute approximate surface area is 92.1 Å². The fraction of sp³-hybridized carbons (Fsp3) is 0.455. The average Bonchev–Trinajstić information content (AvgIpc) is 2.15. The molecule has 0 spiro atoms. The van der Waals surface area contributed by atoms with Gasteiger partial charge in [-0.2, -0.15) is 0 Å². The highest BCUT2D eigenvalue weighted by Crippen LogP contribution is 2.28. The fourth-order valence-electron chi connectivity index (χ4n) is 1.43. The Morgan fingerprint density at radius 3 is 2.64 bits per heavy atom. The van der Waals surface area contributed by atoms with Gasteiger partial charge in [0.05, 0.1) is 6.10 Å². The van der Waals surface area contributed by atoms with Crippen LogP contribution in [0.15, 0.2) is 22.7 Å². The molecule has 2 atom stereocenters. The highest BCUT2D eigenvalue weighted by atomic mass is 79.9. The lowest BCUT2D eigenvalue weighted by Crippen LogP contribution is -2.14. The van der Waals surface area contributed by atoms with E-state index in [1.165, 1.54) is 12.1 Å². The Balaban J connectivity index is 2.95. The van der Waals surface area contributed by atoms with Gasteiger partial charge >= 0.3 is 0 Å². The molecule has 1 aromatic carbocycles. The predicted octanol–water partition coefficient (Wildman–Crippen LogP) is 3.46. The molecule has 14 heavy (non-hydrogen) atoms. The van der Waals surface area contributed by atoms with E-state index in [4.69, 9.17) is 0 Å². The quantitative estimate of drug-likeness (QED) is 0.883. The van der Waals surface area contributed by atoms with Crippen LogP contribution in [0.4, 0.5) is 4.39 Å². The third-order valence-corrected chi connectivity index (χ3v) is 3.14. The number of hydrogen-bond acceptors (Lipinski definition) is 1. The fourth-order valence-corrected chi connectivity index (χ4v) is 2.14. The predicted molar refractivity (Wildman–Crippen MR) is 58.8 cm³/mol. The maximum Gasteiger partial charge on any atom is 0.124 e. The van der Waals surface area contributed by atoms with Gasteiger partial charge in [0.15, 0.2) is 0 Å². The molecule has 1 aromatic rings. The molecule has 3 heteroatoms. The zero-order chi connectivity index (χ0) is 10.7. The monoisotopic (exact) mass is 260 g/mol. The maximum atomic E-state index is 12.8. The van der Waals surface area contributed by atoms with Crippen molar-refractivity contribution in [2.24, 2.45) is 0 Å². The van der Waals surface area contributed by atoms with Crippen molar-refractivity contribution in [2.75, 3.05) is 0 Å². The molecule has 0 saturated carbocycles. The summed E-state index contributed by atoms with van der Waals surface area (Å²) in [5.41, 5.74) is 0.945. The van der Waals surface area contributed by atoms with Crippen molar-refractivity contribution in [1.82, 2.24) is 0 Å². The molecule has 0 aliphatic rings. The molecule has 2 unspecified atom stereocenters. The molecule has 0 heterocycles. The normalized spacial score (nSPS) is 15.2. The third kappa shape index (κ3) is 2.55. The minimum atomic E-state index is -0.378. The first-order valence-corrected chi connectivity index (χ1v) is 5.48. The molecule has 0 aliphatic heterocycles. The minimum Gasteiger partial charge on any atom is -0.393 e. The van der Waals surface area contributed by atoms with Crippen LogP contribution in [0.5, 0.6) is 0 Å². The summed E-state index contributed by atoms with van der Waals surface area (Å²) in [6.45, 7) is 3.87. The van der Waals surface area contributed by atoms with Gasteiger partial charge in [0.25, 0.3) is 0 Å². The summed E-state index contributed by atoms with van der Waals surface area (Å²) in [4.78, 5) is 0. The van der Waals surface area contributed by atoms with Crippen molar-refractivity contribution in [3.05, 3.63) is 34.1 Å². The second-order valence-electron chi connectivity index (χ2n) is 3.43. The smallest absolute Gasteiger partial charge is 0.124 e. The van der Waals surface area contributed by atoms with Gasteiger partial charge in [-0.15, -0.1) is 0 Å². The SMILES string of the molecule is CCC(O)C(C)c1ccc(F)cc1Br. The number of rotatable bonds is 3. The molecular formula is C11H14BrFO. The van der Waals surface area contributed by atoms with Crippen LogP contribution < -0.4 is 0 Å². The molecule has 0 aromatic heterocycles. The van der Waals surface area contributed by atoms with Crippen LogP contribution in [0.1, 0.15) is 31.7 Å². The molecule has 0 bridgehead atoms. The first-order valence-electron chi connectivity index (χ1n) is 4.69. The Morgan fingerprint density at radius 1 is 1.50 bits per heavy atom. The second kappa shape index (κ2) is 4.89. The number of aliphatic hydroxyl groups is 1. The number of halogens is 2. The van der Waals surface area contributed by atoms with E-state index in [-0.39, 0.29) is 17.8 Å².